The van der Waals surface area contributed by atoms with Crippen molar-refractivity contribution in [3.05, 3.63) is 25.0 Å². The highest BCUT2D eigenvalue weighted by atomic mass is 32.2. The van der Waals surface area contributed by atoms with Crippen LogP contribution >= 0.6 is 11.8 Å². The predicted molar refractivity (Wildman–Crippen MR) is 97.4 cm³/mol. The van der Waals surface area contributed by atoms with Gasteiger partial charge in [0.1, 0.15) is 18.5 Å². The van der Waals surface area contributed by atoms with Crippen molar-refractivity contribution in [3.8, 4) is 0 Å². The number of rotatable bonds is 9. The van der Waals surface area contributed by atoms with Gasteiger partial charge in [0.2, 0.25) is 0 Å². The Balaban J connectivity index is 1.39. The van der Waals surface area contributed by atoms with Crippen molar-refractivity contribution in [2.45, 2.75) is 68.2 Å². The summed E-state index contributed by atoms with van der Waals surface area (Å²) in [5.74, 6) is 1.78. The van der Waals surface area contributed by atoms with Gasteiger partial charge in [0.15, 0.2) is 0 Å². The molecule has 0 amide bonds. The predicted octanol–water partition coefficient (Wildman–Crippen LogP) is 3.71. The van der Waals surface area contributed by atoms with E-state index in [1.54, 1.807) is 0 Å². The molecule has 136 valence electrons. The summed E-state index contributed by atoms with van der Waals surface area (Å²) >= 11 is 1.91. The second kappa shape index (κ2) is 9.27. The van der Waals surface area contributed by atoms with Crippen LogP contribution in [0.25, 0.3) is 0 Å². The molecule has 0 saturated carbocycles. The second-order valence-corrected chi connectivity index (χ2v) is 8.03. The summed E-state index contributed by atoms with van der Waals surface area (Å²) in [7, 11) is 0. The summed E-state index contributed by atoms with van der Waals surface area (Å²) in [5, 5.41) is 0.310. The van der Waals surface area contributed by atoms with E-state index in [9.17, 15) is 0 Å². The molecule has 3 aliphatic heterocycles. The van der Waals surface area contributed by atoms with Crippen LogP contribution in [0, 0.1) is 0 Å². The minimum absolute atomic E-state index is 0.00202. The Morgan fingerprint density at radius 3 is 2.54 bits per heavy atom. The van der Waals surface area contributed by atoms with Crippen LogP contribution in [0.5, 0.6) is 0 Å². The maximum absolute atomic E-state index is 6.21. The van der Waals surface area contributed by atoms with Crippen molar-refractivity contribution >= 4 is 11.8 Å². The van der Waals surface area contributed by atoms with Gasteiger partial charge in [0.05, 0.1) is 18.3 Å². The van der Waals surface area contributed by atoms with E-state index in [1.807, 2.05) is 17.8 Å². The smallest absolute Gasteiger partial charge is 0.118 e. The highest BCUT2D eigenvalue weighted by molar-refractivity contribution is 8.00. The third-order valence-electron chi connectivity index (χ3n) is 4.99. The quantitative estimate of drug-likeness (QED) is 0.466. The highest BCUT2D eigenvalue weighted by Crippen LogP contribution is 2.33. The van der Waals surface area contributed by atoms with Crippen LogP contribution in [-0.2, 0) is 18.9 Å². The maximum Gasteiger partial charge on any atom is 0.118 e. The standard InChI is InChI=1S/C19H30O4S/c1-3-19(24-13-16-7-5-11-21-16)18-9-8-17(23-18)14(2)22-12-15-6-4-10-20-15/h3,15-19H,1-2,4-13H2. The molecule has 4 nitrogen and oxygen atoms in total. The Labute approximate surface area is 149 Å². The van der Waals surface area contributed by atoms with Crippen molar-refractivity contribution in [3.63, 3.8) is 0 Å². The van der Waals surface area contributed by atoms with Crippen LogP contribution in [0.3, 0.4) is 0 Å². The summed E-state index contributed by atoms with van der Waals surface area (Å²) in [5.41, 5.74) is 0. The van der Waals surface area contributed by atoms with Crippen LogP contribution in [0.4, 0.5) is 0 Å². The molecule has 0 aromatic rings. The van der Waals surface area contributed by atoms with Gasteiger partial charge < -0.3 is 18.9 Å². The van der Waals surface area contributed by atoms with E-state index >= 15 is 0 Å². The fourth-order valence-electron chi connectivity index (χ4n) is 3.53. The lowest BCUT2D eigenvalue weighted by Crippen LogP contribution is -2.25. The lowest BCUT2D eigenvalue weighted by Gasteiger charge is -2.23. The van der Waals surface area contributed by atoms with Gasteiger partial charge in [0.25, 0.3) is 0 Å². The molecule has 3 fully saturated rings. The van der Waals surface area contributed by atoms with Crippen molar-refractivity contribution in [2.75, 3.05) is 25.6 Å². The first-order valence-corrected chi connectivity index (χ1v) is 10.3. The van der Waals surface area contributed by atoms with E-state index in [2.05, 4.69) is 13.2 Å². The molecule has 3 rings (SSSR count). The van der Waals surface area contributed by atoms with Gasteiger partial charge in [-0.1, -0.05) is 12.7 Å². The van der Waals surface area contributed by atoms with Gasteiger partial charge in [0, 0.05) is 24.2 Å². The van der Waals surface area contributed by atoms with Crippen LogP contribution in [-0.4, -0.2) is 55.2 Å². The lowest BCUT2D eigenvalue weighted by molar-refractivity contribution is 0.000123. The normalized spacial score (nSPS) is 34.3. The Morgan fingerprint density at radius 1 is 1.12 bits per heavy atom. The molecular weight excluding hydrogens is 324 g/mol. The van der Waals surface area contributed by atoms with Crippen molar-refractivity contribution < 1.29 is 18.9 Å². The molecular formula is C19H30O4S. The van der Waals surface area contributed by atoms with Crippen LogP contribution in [0.15, 0.2) is 25.0 Å². The molecule has 3 saturated heterocycles. The van der Waals surface area contributed by atoms with Gasteiger partial charge >= 0.3 is 0 Å². The summed E-state index contributed by atoms with van der Waals surface area (Å²) in [4.78, 5) is 0. The first-order chi connectivity index (χ1) is 11.8. The Bertz CT molecular complexity index is 416. The largest absolute Gasteiger partial charge is 0.493 e. The van der Waals surface area contributed by atoms with Gasteiger partial charge in [-0.25, -0.2) is 0 Å². The van der Waals surface area contributed by atoms with Crippen molar-refractivity contribution in [1.82, 2.24) is 0 Å². The number of hydrogen-bond acceptors (Lipinski definition) is 5. The van der Waals surface area contributed by atoms with Crippen molar-refractivity contribution in [1.29, 1.82) is 0 Å². The number of hydrogen-bond donors (Lipinski definition) is 0. The van der Waals surface area contributed by atoms with Gasteiger partial charge in [-0.3, -0.25) is 0 Å². The van der Waals surface area contributed by atoms with Gasteiger partial charge in [-0.05, 0) is 38.5 Å². The monoisotopic (exact) mass is 354 g/mol. The average Bonchev–Trinajstić information content (AvgIpc) is 3.34. The molecule has 0 radical (unpaired) electrons. The molecule has 3 heterocycles. The van der Waals surface area contributed by atoms with Crippen molar-refractivity contribution in [2.24, 2.45) is 0 Å². The van der Waals surface area contributed by atoms with Gasteiger partial charge in [-0.2, -0.15) is 0 Å². The molecule has 5 unspecified atom stereocenters. The third-order valence-corrected chi connectivity index (χ3v) is 6.43. The van der Waals surface area contributed by atoms with Gasteiger partial charge in [-0.15, -0.1) is 18.3 Å². The first kappa shape index (κ1) is 18.3. The van der Waals surface area contributed by atoms with Crippen LogP contribution in [0.1, 0.15) is 38.5 Å². The van der Waals surface area contributed by atoms with E-state index in [1.165, 1.54) is 12.8 Å². The molecule has 0 spiro atoms. The third kappa shape index (κ3) is 5.01. The molecule has 5 atom stereocenters. The summed E-state index contributed by atoms with van der Waals surface area (Å²) in [6.07, 6.45) is 9.42. The van der Waals surface area contributed by atoms with E-state index in [0.29, 0.717) is 18.0 Å². The zero-order chi connectivity index (χ0) is 16.8. The number of ether oxygens (including phenoxy) is 4. The van der Waals surface area contributed by atoms with E-state index < -0.39 is 0 Å². The minimum atomic E-state index is 0.00202. The van der Waals surface area contributed by atoms with E-state index in [-0.39, 0.29) is 18.3 Å². The first-order valence-electron chi connectivity index (χ1n) is 9.20. The maximum atomic E-state index is 6.21. The molecule has 0 aromatic heterocycles. The molecule has 0 aromatic carbocycles. The average molecular weight is 355 g/mol. The highest BCUT2D eigenvalue weighted by Gasteiger charge is 2.33. The summed E-state index contributed by atoms with van der Waals surface area (Å²) < 4.78 is 23.3. The molecule has 0 N–H and O–H groups in total. The minimum Gasteiger partial charge on any atom is -0.493 e. The lowest BCUT2D eigenvalue weighted by atomic mass is 10.1. The molecule has 3 aliphatic rings. The zero-order valence-corrected chi connectivity index (χ0v) is 15.3. The fraction of sp³-hybridized carbons (Fsp3) is 0.789. The molecule has 5 heteroatoms. The topological polar surface area (TPSA) is 36.9 Å². The van der Waals surface area contributed by atoms with Crippen LogP contribution in [0.2, 0.25) is 0 Å². The summed E-state index contributed by atoms with van der Waals surface area (Å²) in [6.45, 7) is 10.4. The summed E-state index contributed by atoms with van der Waals surface area (Å²) in [6, 6.07) is 0. The fourth-order valence-corrected chi connectivity index (χ4v) is 4.78. The Morgan fingerprint density at radius 2 is 1.88 bits per heavy atom. The van der Waals surface area contributed by atoms with E-state index in [4.69, 9.17) is 18.9 Å². The zero-order valence-electron chi connectivity index (χ0n) is 14.5. The Kier molecular flexibility index (Phi) is 7.07. The second-order valence-electron chi connectivity index (χ2n) is 6.82. The SMILES string of the molecule is C=CC(SCC1CCCO1)C1CCC(C(=C)OCC2CCCO2)O1. The molecule has 0 bridgehead atoms. The number of thioether (sulfide) groups is 1. The van der Waals surface area contributed by atoms with E-state index in [0.717, 1.165) is 50.4 Å². The molecule has 0 aliphatic carbocycles. The van der Waals surface area contributed by atoms with Crippen LogP contribution < -0.4 is 0 Å². The Hall–Kier alpha value is -0.490. The molecule has 24 heavy (non-hydrogen) atoms.